The van der Waals surface area contributed by atoms with Crippen LogP contribution in [0, 0.1) is 19.8 Å². The predicted octanol–water partition coefficient (Wildman–Crippen LogP) is 1.79. The number of aromatic nitrogens is 4. The van der Waals surface area contributed by atoms with E-state index in [1.54, 1.807) is 13.1 Å². The highest BCUT2D eigenvalue weighted by molar-refractivity contribution is 5.96. The van der Waals surface area contributed by atoms with Crippen LogP contribution >= 0.6 is 0 Å². The molecule has 1 saturated carbocycles. The Labute approximate surface area is 152 Å². The molecule has 1 aliphatic rings. The molecule has 1 aliphatic carbocycles. The SMILES string of the molecule is Cc1cc(C)n(CCNC(=O)c2cc(NC(=O)C3CCCC3)n(C)n2)n1. The Morgan fingerprint density at radius 2 is 1.92 bits per heavy atom. The molecule has 8 heteroatoms. The second-order valence-electron chi connectivity index (χ2n) is 6.92. The second-order valence-corrected chi connectivity index (χ2v) is 6.92. The van der Waals surface area contributed by atoms with E-state index < -0.39 is 0 Å². The number of nitrogens with zero attached hydrogens (tertiary/aromatic N) is 4. The van der Waals surface area contributed by atoms with Gasteiger partial charge in [0.25, 0.3) is 5.91 Å². The summed E-state index contributed by atoms with van der Waals surface area (Å²) in [6.45, 7) is 4.99. The number of hydrogen-bond acceptors (Lipinski definition) is 4. The number of anilines is 1. The molecule has 2 aromatic rings. The number of nitrogens with one attached hydrogen (secondary N) is 2. The van der Waals surface area contributed by atoms with Gasteiger partial charge in [-0.05, 0) is 32.8 Å². The van der Waals surface area contributed by atoms with Gasteiger partial charge in [-0.2, -0.15) is 10.2 Å². The summed E-state index contributed by atoms with van der Waals surface area (Å²) < 4.78 is 3.39. The molecule has 0 spiro atoms. The highest BCUT2D eigenvalue weighted by atomic mass is 16.2. The minimum absolute atomic E-state index is 0.0157. The van der Waals surface area contributed by atoms with E-state index in [1.807, 2.05) is 24.6 Å². The average molecular weight is 358 g/mol. The third-order valence-electron chi connectivity index (χ3n) is 4.80. The van der Waals surface area contributed by atoms with Crippen molar-refractivity contribution in [3.05, 3.63) is 29.2 Å². The summed E-state index contributed by atoms with van der Waals surface area (Å²) in [5.74, 6) is 0.374. The van der Waals surface area contributed by atoms with E-state index >= 15 is 0 Å². The van der Waals surface area contributed by atoms with Crippen LogP contribution in [-0.2, 0) is 18.4 Å². The van der Waals surface area contributed by atoms with E-state index in [1.165, 1.54) is 4.68 Å². The van der Waals surface area contributed by atoms with Crippen molar-refractivity contribution in [1.82, 2.24) is 24.9 Å². The molecule has 0 saturated heterocycles. The van der Waals surface area contributed by atoms with Crippen molar-refractivity contribution in [2.24, 2.45) is 13.0 Å². The Morgan fingerprint density at radius 1 is 1.19 bits per heavy atom. The van der Waals surface area contributed by atoms with Gasteiger partial charge in [0.15, 0.2) is 5.69 Å². The van der Waals surface area contributed by atoms with Gasteiger partial charge in [-0.25, -0.2) is 0 Å². The Balaban J connectivity index is 1.54. The van der Waals surface area contributed by atoms with Crippen LogP contribution in [0.15, 0.2) is 12.1 Å². The fourth-order valence-electron chi connectivity index (χ4n) is 3.38. The maximum atomic E-state index is 12.3. The largest absolute Gasteiger partial charge is 0.349 e. The minimum Gasteiger partial charge on any atom is -0.349 e. The Morgan fingerprint density at radius 3 is 2.58 bits per heavy atom. The molecule has 0 bridgehead atoms. The van der Waals surface area contributed by atoms with Crippen LogP contribution in [-0.4, -0.2) is 37.9 Å². The summed E-state index contributed by atoms with van der Waals surface area (Å²) in [7, 11) is 1.72. The van der Waals surface area contributed by atoms with Crippen LogP contribution in [0.3, 0.4) is 0 Å². The van der Waals surface area contributed by atoms with Crippen LogP contribution in [0.4, 0.5) is 5.82 Å². The molecule has 140 valence electrons. The van der Waals surface area contributed by atoms with Gasteiger partial charge in [0.2, 0.25) is 5.91 Å². The monoisotopic (exact) mass is 358 g/mol. The summed E-state index contributed by atoms with van der Waals surface area (Å²) in [6.07, 6.45) is 4.07. The van der Waals surface area contributed by atoms with E-state index in [0.29, 0.717) is 24.6 Å². The van der Waals surface area contributed by atoms with Gasteiger partial charge in [-0.3, -0.25) is 19.0 Å². The molecule has 26 heavy (non-hydrogen) atoms. The zero-order valence-corrected chi connectivity index (χ0v) is 15.6. The number of hydrogen-bond donors (Lipinski definition) is 2. The maximum Gasteiger partial charge on any atom is 0.271 e. The van der Waals surface area contributed by atoms with Crippen molar-refractivity contribution in [2.45, 2.75) is 46.1 Å². The number of amides is 2. The molecule has 2 N–H and O–H groups in total. The van der Waals surface area contributed by atoms with E-state index in [0.717, 1.165) is 37.1 Å². The highest BCUT2D eigenvalue weighted by Gasteiger charge is 2.24. The van der Waals surface area contributed by atoms with Crippen molar-refractivity contribution in [1.29, 1.82) is 0 Å². The van der Waals surface area contributed by atoms with Crippen molar-refractivity contribution in [2.75, 3.05) is 11.9 Å². The van der Waals surface area contributed by atoms with Gasteiger partial charge in [0.1, 0.15) is 5.82 Å². The fraction of sp³-hybridized carbons (Fsp3) is 0.556. The highest BCUT2D eigenvalue weighted by Crippen LogP contribution is 2.26. The van der Waals surface area contributed by atoms with Crippen LogP contribution in [0.25, 0.3) is 0 Å². The molecule has 2 aromatic heterocycles. The second kappa shape index (κ2) is 7.72. The maximum absolute atomic E-state index is 12.3. The summed E-state index contributed by atoms with van der Waals surface area (Å²) in [5, 5.41) is 14.3. The first-order chi connectivity index (χ1) is 12.4. The molecule has 0 aromatic carbocycles. The van der Waals surface area contributed by atoms with Crippen LogP contribution in [0.1, 0.15) is 47.6 Å². The minimum atomic E-state index is -0.261. The third-order valence-corrected chi connectivity index (χ3v) is 4.80. The van der Waals surface area contributed by atoms with E-state index in [2.05, 4.69) is 20.8 Å². The first-order valence-electron chi connectivity index (χ1n) is 9.08. The summed E-state index contributed by atoms with van der Waals surface area (Å²) in [4.78, 5) is 24.5. The van der Waals surface area contributed by atoms with E-state index in [-0.39, 0.29) is 17.7 Å². The van der Waals surface area contributed by atoms with Crippen molar-refractivity contribution in [3.8, 4) is 0 Å². The lowest BCUT2D eigenvalue weighted by Crippen LogP contribution is -2.28. The van der Waals surface area contributed by atoms with Gasteiger partial charge in [-0.15, -0.1) is 0 Å². The number of carbonyl (C=O) groups excluding carboxylic acids is 2. The topological polar surface area (TPSA) is 93.8 Å². The summed E-state index contributed by atoms with van der Waals surface area (Å²) in [6, 6.07) is 3.62. The van der Waals surface area contributed by atoms with Crippen molar-refractivity contribution in [3.63, 3.8) is 0 Å². The summed E-state index contributed by atoms with van der Waals surface area (Å²) in [5.41, 5.74) is 2.32. The Bertz CT molecular complexity index is 801. The first-order valence-corrected chi connectivity index (χ1v) is 9.08. The smallest absolute Gasteiger partial charge is 0.271 e. The number of carbonyl (C=O) groups is 2. The van der Waals surface area contributed by atoms with Gasteiger partial charge in [-0.1, -0.05) is 12.8 Å². The van der Waals surface area contributed by atoms with E-state index in [9.17, 15) is 9.59 Å². The van der Waals surface area contributed by atoms with Gasteiger partial charge in [0, 0.05) is 31.3 Å². The van der Waals surface area contributed by atoms with E-state index in [4.69, 9.17) is 0 Å². The summed E-state index contributed by atoms with van der Waals surface area (Å²) >= 11 is 0. The standard InChI is InChI=1S/C18H26N6O2/c1-12-10-13(2)24(21-12)9-8-19-18(26)15-11-16(23(3)22-15)20-17(25)14-6-4-5-7-14/h10-11,14H,4-9H2,1-3H3,(H,19,26)(H,20,25). The fourth-order valence-corrected chi connectivity index (χ4v) is 3.38. The molecule has 1 fully saturated rings. The number of rotatable bonds is 6. The molecule has 0 radical (unpaired) electrons. The van der Waals surface area contributed by atoms with Gasteiger partial charge >= 0.3 is 0 Å². The quantitative estimate of drug-likeness (QED) is 0.823. The lowest BCUT2D eigenvalue weighted by molar-refractivity contribution is -0.119. The zero-order chi connectivity index (χ0) is 18.7. The first kappa shape index (κ1) is 18.2. The van der Waals surface area contributed by atoms with Crippen molar-refractivity contribution < 1.29 is 9.59 Å². The molecule has 2 heterocycles. The molecular formula is C18H26N6O2. The van der Waals surface area contributed by atoms with Gasteiger partial charge in [0.05, 0.1) is 12.2 Å². The molecule has 0 unspecified atom stereocenters. The van der Waals surface area contributed by atoms with Gasteiger partial charge < -0.3 is 10.6 Å². The molecular weight excluding hydrogens is 332 g/mol. The molecule has 0 atom stereocenters. The zero-order valence-electron chi connectivity index (χ0n) is 15.6. The Kier molecular flexibility index (Phi) is 5.39. The van der Waals surface area contributed by atoms with Crippen LogP contribution in [0.2, 0.25) is 0 Å². The molecule has 8 nitrogen and oxygen atoms in total. The molecule has 0 aliphatic heterocycles. The third kappa shape index (κ3) is 4.12. The molecule has 2 amide bonds. The predicted molar refractivity (Wildman–Crippen MR) is 97.8 cm³/mol. The lowest BCUT2D eigenvalue weighted by Gasteiger charge is -2.09. The van der Waals surface area contributed by atoms with Crippen molar-refractivity contribution >= 4 is 17.6 Å². The molecule has 3 rings (SSSR count). The van der Waals surface area contributed by atoms with Crippen LogP contribution < -0.4 is 10.6 Å². The lowest BCUT2D eigenvalue weighted by atomic mass is 10.1. The number of aryl methyl sites for hydroxylation is 3. The average Bonchev–Trinajstić information content (AvgIpc) is 3.30. The normalized spacial score (nSPS) is 14.6. The van der Waals surface area contributed by atoms with Crippen LogP contribution in [0.5, 0.6) is 0 Å². The Hall–Kier alpha value is -2.64.